The van der Waals surface area contributed by atoms with Crippen LogP contribution in [0, 0.1) is 0 Å². The fourth-order valence-electron chi connectivity index (χ4n) is 2.37. The third kappa shape index (κ3) is 3.40. The molecule has 2 rings (SSSR count). The molecule has 1 atom stereocenters. The molecule has 0 fully saturated rings. The molecule has 2 N–H and O–H groups in total. The molecule has 0 amide bonds. The van der Waals surface area contributed by atoms with Crippen LogP contribution in [-0.2, 0) is 29.9 Å². The van der Waals surface area contributed by atoms with E-state index in [1.807, 2.05) is 19.2 Å². The Hall–Kier alpha value is -1.22. The van der Waals surface area contributed by atoms with Gasteiger partial charge >= 0.3 is 0 Å². The number of hydrogen-bond donors (Lipinski definition) is 2. The molecule has 0 saturated carbocycles. The van der Waals surface area contributed by atoms with Crippen LogP contribution in [0.15, 0.2) is 21.7 Å². The second kappa shape index (κ2) is 6.91. The summed E-state index contributed by atoms with van der Waals surface area (Å²) in [6.45, 7) is 3.72. The summed E-state index contributed by atoms with van der Waals surface area (Å²) in [6, 6.07) is 1.78. The van der Waals surface area contributed by atoms with Crippen molar-refractivity contribution in [3.8, 4) is 0 Å². The topological polar surface area (TPSA) is 84.2 Å². The van der Waals surface area contributed by atoms with E-state index in [2.05, 4.69) is 9.82 Å². The lowest BCUT2D eigenvalue weighted by Gasteiger charge is -2.12. The highest BCUT2D eigenvalue weighted by Gasteiger charge is 2.26. The number of sulfonamides is 1. The summed E-state index contributed by atoms with van der Waals surface area (Å²) < 4.78 is 29.3. The first kappa shape index (κ1) is 17.1. The predicted molar refractivity (Wildman–Crippen MR) is 86.4 cm³/mol. The number of hydrogen-bond acceptors (Lipinski definition) is 5. The first-order valence-corrected chi connectivity index (χ1v) is 9.57. The molecule has 0 aliphatic carbocycles. The molecule has 0 saturated heterocycles. The van der Waals surface area contributed by atoms with Gasteiger partial charge < -0.3 is 5.11 Å². The van der Waals surface area contributed by atoms with Gasteiger partial charge in [0.2, 0.25) is 10.0 Å². The molecule has 8 heteroatoms. The van der Waals surface area contributed by atoms with E-state index in [1.54, 1.807) is 23.2 Å². The van der Waals surface area contributed by atoms with Crippen molar-refractivity contribution in [2.75, 3.05) is 6.54 Å². The maximum Gasteiger partial charge on any atom is 0.244 e. The summed E-state index contributed by atoms with van der Waals surface area (Å²) in [6.07, 6.45) is 0.261. The Bertz CT molecular complexity index is 721. The van der Waals surface area contributed by atoms with E-state index in [0.29, 0.717) is 29.8 Å². The van der Waals surface area contributed by atoms with Gasteiger partial charge in [0.25, 0.3) is 0 Å². The lowest BCUT2D eigenvalue weighted by Crippen LogP contribution is -2.29. The molecule has 2 heterocycles. The number of thiophene rings is 1. The van der Waals surface area contributed by atoms with Crippen LogP contribution in [0.25, 0.3) is 0 Å². The van der Waals surface area contributed by atoms with Crippen LogP contribution in [-0.4, -0.2) is 29.8 Å². The van der Waals surface area contributed by atoms with E-state index < -0.39 is 16.1 Å². The standard InChI is InChI=1S/C14H21N3O3S2/c1-4-11-14(12(5-2)17(3)16-11)22(19,20)15-8-13(18)10-6-7-21-9-10/h6-7,9,13,15,18H,4-5,8H2,1-3H3/t13-/m0/s1. The molecule has 0 unspecified atom stereocenters. The van der Waals surface area contributed by atoms with Crippen molar-refractivity contribution >= 4 is 21.4 Å². The molecule has 0 spiro atoms. The van der Waals surface area contributed by atoms with Gasteiger partial charge in [-0.2, -0.15) is 16.4 Å². The smallest absolute Gasteiger partial charge is 0.244 e. The minimum Gasteiger partial charge on any atom is -0.387 e. The Kier molecular flexibility index (Phi) is 5.38. The highest BCUT2D eigenvalue weighted by molar-refractivity contribution is 7.89. The molecule has 0 bridgehead atoms. The average molecular weight is 343 g/mol. The Morgan fingerprint density at radius 2 is 2.14 bits per heavy atom. The number of aliphatic hydroxyl groups excluding tert-OH is 1. The Labute approximate surface area is 134 Å². The van der Waals surface area contributed by atoms with Gasteiger partial charge in [-0.15, -0.1) is 0 Å². The van der Waals surface area contributed by atoms with Crippen LogP contribution in [0.1, 0.15) is 36.9 Å². The second-order valence-electron chi connectivity index (χ2n) is 4.98. The number of nitrogens with one attached hydrogen (secondary N) is 1. The first-order chi connectivity index (χ1) is 10.4. The Morgan fingerprint density at radius 3 is 2.68 bits per heavy atom. The fourth-order valence-corrected chi connectivity index (χ4v) is 4.69. The third-order valence-corrected chi connectivity index (χ3v) is 5.78. The summed E-state index contributed by atoms with van der Waals surface area (Å²) in [7, 11) is -1.95. The van der Waals surface area contributed by atoms with Crippen LogP contribution in [0.3, 0.4) is 0 Å². The summed E-state index contributed by atoms with van der Waals surface area (Å²) >= 11 is 1.46. The van der Waals surface area contributed by atoms with Crippen LogP contribution < -0.4 is 4.72 Å². The molecular weight excluding hydrogens is 322 g/mol. The van der Waals surface area contributed by atoms with Crippen LogP contribution in [0.4, 0.5) is 0 Å². The number of aryl methyl sites for hydroxylation is 2. The molecule has 0 aliphatic rings. The Balaban J connectivity index is 2.24. The highest BCUT2D eigenvalue weighted by atomic mass is 32.2. The van der Waals surface area contributed by atoms with Crippen LogP contribution in [0.5, 0.6) is 0 Å². The first-order valence-electron chi connectivity index (χ1n) is 7.15. The SMILES string of the molecule is CCc1nn(C)c(CC)c1S(=O)(=O)NC[C@H](O)c1ccsc1. The molecule has 0 aliphatic heterocycles. The summed E-state index contributed by atoms with van der Waals surface area (Å²) in [4.78, 5) is 0.248. The molecular formula is C14H21N3O3S2. The summed E-state index contributed by atoms with van der Waals surface area (Å²) in [5.74, 6) is 0. The maximum absolute atomic E-state index is 12.6. The normalized spacial score (nSPS) is 13.5. The molecule has 22 heavy (non-hydrogen) atoms. The van der Waals surface area contributed by atoms with Crippen LogP contribution in [0.2, 0.25) is 0 Å². The zero-order valence-corrected chi connectivity index (χ0v) is 14.5. The quantitative estimate of drug-likeness (QED) is 0.800. The zero-order valence-electron chi connectivity index (χ0n) is 12.9. The van der Waals surface area contributed by atoms with Gasteiger partial charge in [0.05, 0.1) is 17.5 Å². The number of rotatable bonds is 7. The maximum atomic E-state index is 12.6. The van der Waals surface area contributed by atoms with E-state index in [-0.39, 0.29) is 11.4 Å². The molecule has 2 aromatic rings. The number of aromatic nitrogens is 2. The minimum absolute atomic E-state index is 0.0553. The number of nitrogens with zero attached hydrogens (tertiary/aromatic N) is 2. The third-order valence-electron chi connectivity index (χ3n) is 3.52. The molecule has 122 valence electrons. The van der Waals surface area contributed by atoms with Gasteiger partial charge in [0.1, 0.15) is 4.90 Å². The van der Waals surface area contributed by atoms with Crippen molar-refractivity contribution in [1.29, 1.82) is 0 Å². The summed E-state index contributed by atoms with van der Waals surface area (Å²) in [5.41, 5.74) is 1.94. The van der Waals surface area contributed by atoms with Gasteiger partial charge in [-0.1, -0.05) is 13.8 Å². The van der Waals surface area contributed by atoms with E-state index in [9.17, 15) is 13.5 Å². The van der Waals surface area contributed by atoms with Crippen LogP contribution >= 0.6 is 11.3 Å². The molecule has 0 radical (unpaired) electrons. The van der Waals surface area contributed by atoms with E-state index in [1.165, 1.54) is 11.3 Å². The van der Waals surface area contributed by atoms with E-state index in [0.717, 1.165) is 0 Å². The molecule has 0 aromatic carbocycles. The number of aliphatic hydroxyl groups is 1. The molecule has 2 aromatic heterocycles. The van der Waals surface area contributed by atoms with Crippen molar-refractivity contribution in [3.63, 3.8) is 0 Å². The minimum atomic E-state index is -3.70. The van der Waals surface area contributed by atoms with Crippen molar-refractivity contribution in [2.45, 2.75) is 37.7 Å². The van der Waals surface area contributed by atoms with Gasteiger partial charge in [0.15, 0.2) is 0 Å². The second-order valence-corrected chi connectivity index (χ2v) is 7.46. The summed E-state index contributed by atoms with van der Waals surface area (Å²) in [5, 5.41) is 18.0. The van der Waals surface area contributed by atoms with Gasteiger partial charge in [-0.3, -0.25) is 4.68 Å². The fraction of sp³-hybridized carbons (Fsp3) is 0.500. The predicted octanol–water partition coefficient (Wildman–Crippen LogP) is 1.62. The van der Waals surface area contributed by atoms with Crippen molar-refractivity contribution in [1.82, 2.24) is 14.5 Å². The van der Waals surface area contributed by atoms with Gasteiger partial charge in [-0.25, -0.2) is 13.1 Å². The largest absolute Gasteiger partial charge is 0.387 e. The zero-order chi connectivity index (χ0) is 16.3. The monoisotopic (exact) mass is 343 g/mol. The highest BCUT2D eigenvalue weighted by Crippen LogP contribution is 2.22. The van der Waals surface area contributed by atoms with Gasteiger partial charge in [-0.05, 0) is 35.2 Å². The van der Waals surface area contributed by atoms with E-state index in [4.69, 9.17) is 0 Å². The van der Waals surface area contributed by atoms with Crippen molar-refractivity contribution in [3.05, 3.63) is 33.8 Å². The molecule has 6 nitrogen and oxygen atoms in total. The van der Waals surface area contributed by atoms with E-state index >= 15 is 0 Å². The lowest BCUT2D eigenvalue weighted by molar-refractivity contribution is 0.182. The lowest BCUT2D eigenvalue weighted by atomic mass is 10.2. The average Bonchev–Trinajstić information content (AvgIpc) is 3.11. The Morgan fingerprint density at radius 1 is 1.41 bits per heavy atom. The van der Waals surface area contributed by atoms with Gasteiger partial charge in [0, 0.05) is 13.6 Å². The van der Waals surface area contributed by atoms with Crippen molar-refractivity contribution in [2.24, 2.45) is 7.05 Å². The van der Waals surface area contributed by atoms with Crippen molar-refractivity contribution < 1.29 is 13.5 Å².